The summed E-state index contributed by atoms with van der Waals surface area (Å²) in [5, 5.41) is 9.23. The van der Waals surface area contributed by atoms with Gasteiger partial charge in [0.05, 0.1) is 12.1 Å². The van der Waals surface area contributed by atoms with Crippen LogP contribution in [-0.4, -0.2) is 46.7 Å². The number of hydrogen-bond donors (Lipinski definition) is 0. The predicted molar refractivity (Wildman–Crippen MR) is 82.3 cm³/mol. The van der Waals surface area contributed by atoms with E-state index in [1.54, 1.807) is 17.0 Å². The molecule has 0 aromatic carbocycles. The molecule has 1 atom stereocenters. The van der Waals surface area contributed by atoms with E-state index in [2.05, 4.69) is 22.9 Å². The van der Waals surface area contributed by atoms with E-state index < -0.39 is 0 Å². The quantitative estimate of drug-likeness (QED) is 0.811. The van der Waals surface area contributed by atoms with Gasteiger partial charge in [-0.15, -0.1) is 0 Å². The number of piperazine rings is 1. The minimum atomic E-state index is -0.0289. The summed E-state index contributed by atoms with van der Waals surface area (Å²) in [6.45, 7) is 7.81. The first-order chi connectivity index (χ1) is 10.2. The molecule has 2 rings (SSSR count). The van der Waals surface area contributed by atoms with Gasteiger partial charge in [0.15, 0.2) is 5.82 Å². The smallest absolute Gasteiger partial charge is 0.293 e. The van der Waals surface area contributed by atoms with Crippen LogP contribution in [0.3, 0.4) is 0 Å². The molecule has 6 nitrogen and oxygen atoms in total. The van der Waals surface area contributed by atoms with Gasteiger partial charge in [-0.2, -0.15) is 5.26 Å². The van der Waals surface area contributed by atoms with Crippen molar-refractivity contribution in [2.75, 3.05) is 31.1 Å². The molecule has 114 valence electrons. The number of nitrogens with zero attached hydrogens (tertiary/aromatic N) is 5. The fourth-order valence-corrected chi connectivity index (χ4v) is 2.75. The van der Waals surface area contributed by atoms with Crippen molar-refractivity contribution in [2.24, 2.45) is 0 Å². The maximum atomic E-state index is 12.3. The lowest BCUT2D eigenvalue weighted by molar-refractivity contribution is 0.211. The largest absolute Gasteiger partial charge is 0.349 e. The minimum Gasteiger partial charge on any atom is -0.349 e. The van der Waals surface area contributed by atoms with E-state index in [9.17, 15) is 10.1 Å². The molecule has 1 aromatic rings. The van der Waals surface area contributed by atoms with Gasteiger partial charge < -0.3 is 9.47 Å². The van der Waals surface area contributed by atoms with E-state index in [0.29, 0.717) is 12.4 Å². The average Bonchev–Trinajstić information content (AvgIpc) is 2.53. The van der Waals surface area contributed by atoms with Gasteiger partial charge >= 0.3 is 0 Å². The van der Waals surface area contributed by atoms with Gasteiger partial charge in [0.1, 0.15) is 0 Å². The highest BCUT2D eigenvalue weighted by Gasteiger charge is 2.25. The molecule has 2 heterocycles. The molecule has 0 bridgehead atoms. The Balaban J connectivity index is 2.05. The Morgan fingerprint density at radius 1 is 1.33 bits per heavy atom. The summed E-state index contributed by atoms with van der Waals surface area (Å²) in [6, 6.07) is 2.38. The molecular weight excluding hydrogens is 266 g/mol. The summed E-state index contributed by atoms with van der Waals surface area (Å²) in [5.74, 6) is 0.531. The highest BCUT2D eigenvalue weighted by molar-refractivity contribution is 5.36. The Bertz CT molecular complexity index is 554. The van der Waals surface area contributed by atoms with Crippen LogP contribution in [0.25, 0.3) is 0 Å². The maximum absolute atomic E-state index is 12.3. The van der Waals surface area contributed by atoms with Crippen LogP contribution in [0.4, 0.5) is 5.82 Å². The fraction of sp³-hybridized carbons (Fsp3) is 0.667. The van der Waals surface area contributed by atoms with Crippen molar-refractivity contribution in [1.29, 1.82) is 5.26 Å². The first kappa shape index (κ1) is 15.5. The fourth-order valence-electron chi connectivity index (χ4n) is 2.75. The van der Waals surface area contributed by atoms with Crippen LogP contribution in [0.1, 0.15) is 26.7 Å². The zero-order valence-corrected chi connectivity index (χ0v) is 12.8. The van der Waals surface area contributed by atoms with Crippen molar-refractivity contribution >= 4 is 5.82 Å². The Morgan fingerprint density at radius 3 is 2.62 bits per heavy atom. The van der Waals surface area contributed by atoms with E-state index >= 15 is 0 Å². The van der Waals surface area contributed by atoms with Gasteiger partial charge in [0, 0.05) is 45.1 Å². The van der Waals surface area contributed by atoms with Crippen molar-refractivity contribution in [3.05, 3.63) is 22.7 Å². The Labute approximate surface area is 125 Å². The molecule has 0 N–H and O–H groups in total. The summed E-state index contributed by atoms with van der Waals surface area (Å²) in [5.41, 5.74) is -0.0289. The number of aromatic nitrogens is 2. The molecule has 0 saturated carbocycles. The van der Waals surface area contributed by atoms with Crippen molar-refractivity contribution in [1.82, 2.24) is 14.5 Å². The molecule has 0 spiro atoms. The Hall–Kier alpha value is -1.87. The molecule has 6 heteroatoms. The zero-order valence-electron chi connectivity index (χ0n) is 12.8. The van der Waals surface area contributed by atoms with Gasteiger partial charge in [-0.3, -0.25) is 9.69 Å². The second kappa shape index (κ2) is 7.23. The van der Waals surface area contributed by atoms with Gasteiger partial charge in [-0.05, 0) is 13.3 Å². The maximum Gasteiger partial charge on any atom is 0.293 e. The Kier molecular flexibility index (Phi) is 5.34. The van der Waals surface area contributed by atoms with Crippen LogP contribution in [0.15, 0.2) is 17.2 Å². The zero-order chi connectivity index (χ0) is 15.2. The van der Waals surface area contributed by atoms with Gasteiger partial charge in [-0.1, -0.05) is 13.3 Å². The van der Waals surface area contributed by atoms with Gasteiger partial charge in [-0.25, -0.2) is 4.98 Å². The van der Waals surface area contributed by atoms with Crippen LogP contribution in [0.2, 0.25) is 0 Å². The van der Waals surface area contributed by atoms with E-state index in [0.717, 1.165) is 39.0 Å². The predicted octanol–water partition coefficient (Wildman–Crippen LogP) is 1.08. The van der Waals surface area contributed by atoms with Crippen LogP contribution >= 0.6 is 0 Å². The van der Waals surface area contributed by atoms with E-state index in [1.807, 2.05) is 11.8 Å². The number of nitriles is 1. The third kappa shape index (κ3) is 3.42. The van der Waals surface area contributed by atoms with Crippen molar-refractivity contribution in [3.8, 4) is 6.07 Å². The minimum absolute atomic E-state index is 0.00631. The monoisotopic (exact) mass is 289 g/mol. The van der Waals surface area contributed by atoms with Crippen LogP contribution in [0, 0.1) is 11.3 Å². The second-order valence-corrected chi connectivity index (χ2v) is 5.30. The van der Waals surface area contributed by atoms with Gasteiger partial charge in [0.25, 0.3) is 5.56 Å². The van der Waals surface area contributed by atoms with Crippen molar-refractivity contribution in [3.63, 3.8) is 0 Å². The van der Waals surface area contributed by atoms with Crippen LogP contribution in [0.5, 0.6) is 0 Å². The first-order valence-corrected chi connectivity index (χ1v) is 7.65. The van der Waals surface area contributed by atoms with E-state index in [1.165, 1.54) is 0 Å². The molecule has 0 amide bonds. The average molecular weight is 289 g/mol. The highest BCUT2D eigenvalue weighted by Crippen LogP contribution is 2.13. The highest BCUT2D eigenvalue weighted by atomic mass is 16.1. The normalized spacial score (nSPS) is 17.5. The van der Waals surface area contributed by atoms with Crippen LogP contribution < -0.4 is 10.5 Å². The summed E-state index contributed by atoms with van der Waals surface area (Å²) >= 11 is 0. The molecule has 1 aliphatic heterocycles. The van der Waals surface area contributed by atoms with Gasteiger partial charge in [0.2, 0.25) is 0 Å². The molecule has 0 radical (unpaired) electrons. The number of aryl methyl sites for hydroxylation is 1. The molecule has 1 aliphatic rings. The lowest BCUT2D eigenvalue weighted by atomic mass is 10.1. The number of rotatable bonds is 5. The summed E-state index contributed by atoms with van der Waals surface area (Å²) in [4.78, 5) is 20.8. The SMILES string of the molecule is CCCC(C#N)N1CCN(c2nccn(CC)c2=O)CC1. The summed E-state index contributed by atoms with van der Waals surface area (Å²) in [6.07, 6.45) is 5.32. The van der Waals surface area contributed by atoms with E-state index in [-0.39, 0.29) is 11.6 Å². The third-order valence-corrected chi connectivity index (χ3v) is 4.00. The van der Waals surface area contributed by atoms with Crippen LogP contribution in [-0.2, 0) is 6.54 Å². The second-order valence-electron chi connectivity index (χ2n) is 5.30. The van der Waals surface area contributed by atoms with E-state index in [4.69, 9.17) is 0 Å². The molecule has 21 heavy (non-hydrogen) atoms. The summed E-state index contributed by atoms with van der Waals surface area (Å²) in [7, 11) is 0. The number of anilines is 1. The molecule has 1 fully saturated rings. The molecule has 1 unspecified atom stereocenters. The Morgan fingerprint density at radius 2 is 2.05 bits per heavy atom. The third-order valence-electron chi connectivity index (χ3n) is 4.00. The molecule has 1 saturated heterocycles. The van der Waals surface area contributed by atoms with Crippen molar-refractivity contribution in [2.45, 2.75) is 39.3 Å². The van der Waals surface area contributed by atoms with Crippen molar-refractivity contribution < 1.29 is 0 Å². The first-order valence-electron chi connectivity index (χ1n) is 7.65. The molecule has 1 aromatic heterocycles. The number of hydrogen-bond acceptors (Lipinski definition) is 5. The molecular formula is C15H23N5O. The summed E-state index contributed by atoms with van der Waals surface area (Å²) < 4.78 is 1.67. The topological polar surface area (TPSA) is 65.2 Å². The lowest BCUT2D eigenvalue weighted by Crippen LogP contribution is -2.51. The lowest BCUT2D eigenvalue weighted by Gasteiger charge is -2.37. The molecule has 0 aliphatic carbocycles. The standard InChI is InChI=1S/C15H23N5O/c1-3-5-13(12-16)19-8-10-20(11-9-19)14-15(21)18(4-2)7-6-17-14/h6-7,13H,3-5,8-11H2,1-2H3.